The van der Waals surface area contributed by atoms with E-state index in [4.69, 9.17) is 5.73 Å². The van der Waals surface area contributed by atoms with Crippen LogP contribution in [-0.4, -0.2) is 27.2 Å². The highest BCUT2D eigenvalue weighted by molar-refractivity contribution is 6.08. The summed E-state index contributed by atoms with van der Waals surface area (Å²) in [7, 11) is 0. The fourth-order valence-corrected chi connectivity index (χ4v) is 0. The van der Waals surface area contributed by atoms with Gasteiger partial charge in [0.25, 0.3) is 0 Å². The highest BCUT2D eigenvalue weighted by atomic mass is 27.0. The predicted molar refractivity (Wildman–Crippen MR) is 19.8 cm³/mol. The van der Waals surface area contributed by atoms with Crippen molar-refractivity contribution in [2.45, 2.75) is 0 Å². The van der Waals surface area contributed by atoms with Crippen molar-refractivity contribution in [3.8, 4) is 0 Å². The fraction of sp³-hybridized carbons (Fsp3) is 1.00. The van der Waals surface area contributed by atoms with Gasteiger partial charge >= 0.3 is 0 Å². The van der Waals surface area contributed by atoms with E-state index in [1.54, 1.807) is 16.3 Å². The minimum absolute atomic E-state index is 0. The van der Waals surface area contributed by atoms with E-state index in [9.17, 15) is 0 Å². The Hall–Kier alpha value is 0.452. The van der Waals surface area contributed by atoms with Gasteiger partial charge in [-0.2, -0.15) is 0 Å². The maximum absolute atomic E-state index is 4.86. The van der Waals surface area contributed by atoms with Crippen LogP contribution < -0.4 is 5.73 Å². The average molecular weight is 76.1 g/mol. The Kier molecular flexibility index (Phi) is 21.7. The van der Waals surface area contributed by atoms with E-state index in [-0.39, 0.29) is 5.48 Å². The molecule has 1 radical (unpaired) electrons. The van der Waals surface area contributed by atoms with E-state index in [2.05, 4.69) is 0 Å². The van der Waals surface area contributed by atoms with Gasteiger partial charge in [-0.05, 0) is 0 Å². The summed E-state index contributed by atoms with van der Waals surface area (Å²) >= 11 is 1.75. The number of hydrogen-bond donors (Lipinski definition) is 1. The van der Waals surface area contributed by atoms with Gasteiger partial charge in [0, 0.05) is 0 Å². The Bertz CT molecular complexity index is 8.00. The molecule has 0 saturated heterocycles. The third kappa shape index (κ3) is 25.3. The molecule has 0 atom stereocenters. The summed E-state index contributed by atoms with van der Waals surface area (Å²) in [6.07, 6.45) is 0. The lowest BCUT2D eigenvalue weighted by atomic mass is 11.5. The van der Waals surface area contributed by atoms with Crippen molar-refractivity contribution < 1.29 is 5.48 Å². The quantitative estimate of drug-likeness (QED) is 0.333. The lowest BCUT2D eigenvalue weighted by Crippen LogP contribution is -1.94. The van der Waals surface area contributed by atoms with E-state index in [0.717, 1.165) is 5.41 Å². The van der Waals surface area contributed by atoms with Crippen molar-refractivity contribution in [1.29, 1.82) is 0 Å². The molecule has 0 aliphatic heterocycles. The van der Waals surface area contributed by atoms with Gasteiger partial charge in [-0.1, -0.05) is 5.41 Å². The van der Waals surface area contributed by atoms with Gasteiger partial charge in [0.15, 0.2) is 16.3 Å². The summed E-state index contributed by atoms with van der Waals surface area (Å²) in [5, 5.41) is 0.778. The molecule has 0 aromatic heterocycles. The van der Waals surface area contributed by atoms with E-state index in [1.807, 2.05) is 0 Å². The van der Waals surface area contributed by atoms with Crippen LogP contribution in [0.2, 0.25) is 0 Å². The van der Waals surface area contributed by atoms with E-state index in [1.165, 1.54) is 0 Å². The molecule has 0 heterocycles. The monoisotopic (exact) mass is 76.0 g/mol. The molecule has 0 saturated carbocycles. The molecule has 0 aromatic carbocycles. The Balaban J connectivity index is 0. The first-order valence-corrected chi connectivity index (χ1v) is 1.91. The van der Waals surface area contributed by atoms with Crippen molar-refractivity contribution in [1.82, 2.24) is 0 Å². The van der Waals surface area contributed by atoms with Crippen molar-refractivity contribution in [3.63, 3.8) is 0 Å². The van der Waals surface area contributed by atoms with Crippen molar-refractivity contribution >= 4 is 16.3 Å². The molecule has 0 rings (SSSR count). The van der Waals surface area contributed by atoms with Gasteiger partial charge in [-0.3, -0.25) is 0 Å². The third-order valence-electron chi connectivity index (χ3n) is 0. The minimum Gasteiger partial charge on any atom is -0.412 e. The number of hydrogen-bond acceptors (Lipinski definition) is 1. The van der Waals surface area contributed by atoms with Crippen molar-refractivity contribution in [2.24, 2.45) is 5.73 Å². The van der Waals surface area contributed by atoms with Crippen LogP contribution in [0.1, 0.15) is 0 Å². The summed E-state index contributed by atoms with van der Waals surface area (Å²) in [5.74, 6) is 0. The standard InChI is InChI=1S/CH4N.Al.H2O.H/c1-2;;;/h1-2H2;;1H2;. The molecule has 3 heteroatoms. The number of nitrogens with two attached hydrogens (primary N) is 1. The molecule has 0 fully saturated rings. The molecule has 0 aromatic rings. The molecule has 4 N–H and O–H groups in total. The topological polar surface area (TPSA) is 57.5 Å². The Morgan fingerprint density at radius 3 is 1.75 bits per heavy atom. The Morgan fingerprint density at radius 2 is 1.75 bits per heavy atom. The van der Waals surface area contributed by atoms with Crippen LogP contribution in [0.3, 0.4) is 0 Å². The molecule has 25 valence electrons. The molecular weight excluding hydrogens is 69.0 g/mol. The maximum Gasteiger partial charge on any atom is 0.195 e. The Morgan fingerprint density at radius 1 is 1.75 bits per heavy atom. The van der Waals surface area contributed by atoms with Crippen molar-refractivity contribution in [3.05, 3.63) is 0 Å². The first kappa shape index (κ1) is 8.82. The number of rotatable bonds is 0. The molecule has 0 unspecified atom stereocenters. The summed E-state index contributed by atoms with van der Waals surface area (Å²) in [6, 6.07) is 0. The second kappa shape index (κ2) is 9.84. The molecule has 4 heavy (non-hydrogen) atoms. The van der Waals surface area contributed by atoms with Crippen molar-refractivity contribution in [2.75, 3.05) is 5.41 Å². The second-order valence-corrected chi connectivity index (χ2v) is 0.866. The van der Waals surface area contributed by atoms with Gasteiger partial charge in [0.2, 0.25) is 0 Å². The summed E-state index contributed by atoms with van der Waals surface area (Å²) in [6.45, 7) is 0. The first-order valence-electron chi connectivity index (χ1n) is 0.908. The molecule has 0 amide bonds. The zero-order valence-electron chi connectivity index (χ0n) is 2.49. The van der Waals surface area contributed by atoms with Gasteiger partial charge in [0.05, 0.1) is 0 Å². The highest BCUT2D eigenvalue weighted by Crippen LogP contribution is 1.01. The maximum atomic E-state index is 4.86. The molecular formula is CH7AlNO. The minimum atomic E-state index is 0. The van der Waals surface area contributed by atoms with Crippen LogP contribution >= 0.6 is 0 Å². The molecule has 0 aliphatic rings. The Labute approximate surface area is 33.7 Å². The summed E-state index contributed by atoms with van der Waals surface area (Å²) < 4.78 is 0. The molecule has 0 spiro atoms. The lowest BCUT2D eigenvalue weighted by molar-refractivity contribution is 0.824. The first-order chi connectivity index (χ1) is 1.41. The highest BCUT2D eigenvalue weighted by Gasteiger charge is 1.37. The smallest absolute Gasteiger partial charge is 0.195 e. The summed E-state index contributed by atoms with van der Waals surface area (Å²) in [5.41, 5.74) is 4.86. The third-order valence-corrected chi connectivity index (χ3v) is 0. The van der Waals surface area contributed by atoms with E-state index >= 15 is 0 Å². The van der Waals surface area contributed by atoms with Crippen LogP contribution in [0, 0.1) is 0 Å². The summed E-state index contributed by atoms with van der Waals surface area (Å²) in [4.78, 5) is 0. The van der Waals surface area contributed by atoms with Gasteiger partial charge in [-0.15, -0.1) is 0 Å². The van der Waals surface area contributed by atoms with Crippen LogP contribution in [-0.2, 0) is 0 Å². The van der Waals surface area contributed by atoms with Crippen LogP contribution in [0.5, 0.6) is 0 Å². The largest absolute Gasteiger partial charge is 0.412 e. The lowest BCUT2D eigenvalue weighted by Gasteiger charge is -1.51. The van der Waals surface area contributed by atoms with E-state index < -0.39 is 0 Å². The van der Waals surface area contributed by atoms with E-state index in [0.29, 0.717) is 0 Å². The molecule has 0 aliphatic carbocycles. The zero-order valence-corrected chi connectivity index (χ0v) is 3.91. The van der Waals surface area contributed by atoms with Gasteiger partial charge in [-0.25, -0.2) is 0 Å². The van der Waals surface area contributed by atoms with Gasteiger partial charge < -0.3 is 11.2 Å². The predicted octanol–water partition coefficient (Wildman–Crippen LogP) is -2.02. The zero-order chi connectivity index (χ0) is 2.71. The average Bonchev–Trinajstić information content (AvgIpc) is 0.918. The molecule has 2 nitrogen and oxygen atoms in total. The van der Waals surface area contributed by atoms with Gasteiger partial charge in [0.1, 0.15) is 0 Å². The van der Waals surface area contributed by atoms with Crippen LogP contribution in [0.4, 0.5) is 0 Å². The second-order valence-electron chi connectivity index (χ2n) is 0.289. The fourth-order valence-electron chi connectivity index (χ4n) is 0. The SMILES string of the molecule is N[CH2][AlH].O. The normalized spacial score (nSPS) is 4.25. The van der Waals surface area contributed by atoms with Crippen LogP contribution in [0.15, 0.2) is 0 Å². The van der Waals surface area contributed by atoms with Crippen LogP contribution in [0.25, 0.3) is 0 Å². The molecule has 0 bridgehead atoms.